The molecule has 80 valence electrons. The molecule has 3 heteroatoms. The van der Waals surface area contributed by atoms with Gasteiger partial charge in [-0.2, -0.15) is 0 Å². The fraction of sp³-hybridized carbons (Fsp3) is 0.417. The zero-order valence-electron chi connectivity index (χ0n) is 9.23. The van der Waals surface area contributed by atoms with E-state index in [-0.39, 0.29) is 0 Å². The lowest BCUT2D eigenvalue weighted by molar-refractivity contribution is 0.187. The molecule has 0 atom stereocenters. The van der Waals surface area contributed by atoms with Crippen LogP contribution in [-0.4, -0.2) is 23.3 Å². The molecule has 0 aliphatic heterocycles. The number of hydrogen-bond donors (Lipinski definition) is 0. The Morgan fingerprint density at radius 3 is 2.87 bits per heavy atom. The molecule has 0 fully saturated rings. The third-order valence-corrected chi connectivity index (χ3v) is 2.57. The van der Waals surface area contributed by atoms with Crippen molar-refractivity contribution in [1.82, 2.24) is 9.55 Å². The largest absolute Gasteiger partial charge is 0.383 e. The van der Waals surface area contributed by atoms with Crippen LogP contribution in [-0.2, 0) is 17.7 Å². The van der Waals surface area contributed by atoms with Crippen molar-refractivity contribution in [3.8, 4) is 0 Å². The second-order valence-corrected chi connectivity index (χ2v) is 3.51. The van der Waals surface area contributed by atoms with E-state index in [1.807, 2.05) is 12.1 Å². The molecule has 0 N–H and O–H groups in total. The zero-order chi connectivity index (χ0) is 10.7. The molecular formula is C12H16N2O. The van der Waals surface area contributed by atoms with Crippen molar-refractivity contribution in [2.45, 2.75) is 19.9 Å². The van der Waals surface area contributed by atoms with Gasteiger partial charge in [-0.1, -0.05) is 19.1 Å². The maximum atomic E-state index is 5.11. The van der Waals surface area contributed by atoms with E-state index in [4.69, 9.17) is 4.74 Å². The summed E-state index contributed by atoms with van der Waals surface area (Å²) >= 11 is 0. The Balaban J connectivity index is 2.47. The van der Waals surface area contributed by atoms with E-state index < -0.39 is 0 Å². The van der Waals surface area contributed by atoms with Crippen molar-refractivity contribution >= 4 is 11.0 Å². The number of imidazole rings is 1. The summed E-state index contributed by atoms with van der Waals surface area (Å²) in [6, 6.07) is 8.23. The number of methoxy groups -OCH3 is 1. The Bertz CT molecular complexity index is 448. The van der Waals surface area contributed by atoms with Gasteiger partial charge in [-0.05, 0) is 12.1 Å². The highest BCUT2D eigenvalue weighted by Gasteiger charge is 2.07. The molecule has 0 bridgehead atoms. The van der Waals surface area contributed by atoms with Gasteiger partial charge < -0.3 is 9.30 Å². The summed E-state index contributed by atoms with van der Waals surface area (Å²) in [6.45, 7) is 3.73. The van der Waals surface area contributed by atoms with E-state index in [0.717, 1.165) is 30.9 Å². The summed E-state index contributed by atoms with van der Waals surface area (Å²) in [4.78, 5) is 4.59. The fourth-order valence-electron chi connectivity index (χ4n) is 1.83. The molecule has 0 saturated carbocycles. The van der Waals surface area contributed by atoms with Gasteiger partial charge in [0, 0.05) is 20.1 Å². The zero-order valence-corrected chi connectivity index (χ0v) is 9.23. The lowest BCUT2D eigenvalue weighted by atomic mass is 10.3. The van der Waals surface area contributed by atoms with Crippen LogP contribution in [0.5, 0.6) is 0 Å². The van der Waals surface area contributed by atoms with Crippen LogP contribution in [0, 0.1) is 0 Å². The minimum Gasteiger partial charge on any atom is -0.383 e. The number of benzene rings is 1. The van der Waals surface area contributed by atoms with E-state index in [2.05, 4.69) is 28.6 Å². The van der Waals surface area contributed by atoms with Gasteiger partial charge in [-0.3, -0.25) is 0 Å². The van der Waals surface area contributed by atoms with Crippen molar-refractivity contribution in [2.24, 2.45) is 0 Å². The Kier molecular flexibility index (Phi) is 3.02. The van der Waals surface area contributed by atoms with E-state index in [1.165, 1.54) is 5.52 Å². The number of hydrogen-bond acceptors (Lipinski definition) is 2. The molecule has 0 saturated heterocycles. The molecule has 15 heavy (non-hydrogen) atoms. The van der Waals surface area contributed by atoms with E-state index in [9.17, 15) is 0 Å². The second kappa shape index (κ2) is 4.45. The van der Waals surface area contributed by atoms with Crippen LogP contribution in [0.2, 0.25) is 0 Å². The Labute approximate surface area is 89.7 Å². The van der Waals surface area contributed by atoms with E-state index in [0.29, 0.717) is 0 Å². The second-order valence-electron chi connectivity index (χ2n) is 3.51. The van der Waals surface area contributed by atoms with Gasteiger partial charge in [0.15, 0.2) is 0 Å². The highest BCUT2D eigenvalue weighted by molar-refractivity contribution is 5.75. The van der Waals surface area contributed by atoms with Crippen molar-refractivity contribution < 1.29 is 4.74 Å². The van der Waals surface area contributed by atoms with Gasteiger partial charge in [0.25, 0.3) is 0 Å². The first kappa shape index (κ1) is 10.2. The Morgan fingerprint density at radius 1 is 1.33 bits per heavy atom. The van der Waals surface area contributed by atoms with Gasteiger partial charge in [0.05, 0.1) is 17.6 Å². The number of fused-ring (bicyclic) bond motifs is 1. The lowest BCUT2D eigenvalue weighted by Crippen LogP contribution is -2.07. The number of para-hydroxylation sites is 2. The summed E-state index contributed by atoms with van der Waals surface area (Å²) in [5, 5.41) is 0. The van der Waals surface area contributed by atoms with Gasteiger partial charge in [0.2, 0.25) is 0 Å². The van der Waals surface area contributed by atoms with E-state index >= 15 is 0 Å². The van der Waals surface area contributed by atoms with Crippen LogP contribution < -0.4 is 0 Å². The average molecular weight is 204 g/mol. The molecule has 0 amide bonds. The molecule has 1 aromatic heterocycles. The number of ether oxygens (including phenoxy) is 1. The first-order valence-electron chi connectivity index (χ1n) is 5.30. The first-order chi connectivity index (χ1) is 7.36. The Morgan fingerprint density at radius 2 is 2.13 bits per heavy atom. The molecule has 0 aliphatic rings. The molecule has 0 aliphatic carbocycles. The maximum Gasteiger partial charge on any atom is 0.109 e. The molecular weight excluding hydrogens is 188 g/mol. The molecule has 0 unspecified atom stereocenters. The van der Waals surface area contributed by atoms with Crippen LogP contribution in [0.1, 0.15) is 12.7 Å². The maximum absolute atomic E-state index is 5.11. The monoisotopic (exact) mass is 204 g/mol. The van der Waals surface area contributed by atoms with Crippen molar-refractivity contribution in [2.75, 3.05) is 13.7 Å². The number of aryl methyl sites for hydroxylation is 1. The highest BCUT2D eigenvalue weighted by atomic mass is 16.5. The smallest absolute Gasteiger partial charge is 0.109 e. The number of rotatable bonds is 4. The number of aromatic nitrogens is 2. The topological polar surface area (TPSA) is 27.1 Å². The van der Waals surface area contributed by atoms with Gasteiger partial charge in [-0.15, -0.1) is 0 Å². The molecule has 3 nitrogen and oxygen atoms in total. The number of nitrogens with zero attached hydrogens (tertiary/aromatic N) is 2. The minimum absolute atomic E-state index is 0.730. The van der Waals surface area contributed by atoms with Crippen molar-refractivity contribution in [3.63, 3.8) is 0 Å². The Hall–Kier alpha value is -1.35. The molecule has 0 spiro atoms. The van der Waals surface area contributed by atoms with E-state index in [1.54, 1.807) is 7.11 Å². The quantitative estimate of drug-likeness (QED) is 0.763. The van der Waals surface area contributed by atoms with Gasteiger partial charge in [-0.25, -0.2) is 4.98 Å². The third-order valence-electron chi connectivity index (χ3n) is 2.57. The third kappa shape index (κ3) is 1.88. The predicted octanol–water partition coefficient (Wildman–Crippen LogP) is 2.25. The SMILES string of the molecule is CCc1nc2ccccc2n1CCOC. The summed E-state index contributed by atoms with van der Waals surface area (Å²) in [5.74, 6) is 1.13. The fourth-order valence-corrected chi connectivity index (χ4v) is 1.83. The normalized spacial score (nSPS) is 11.1. The van der Waals surface area contributed by atoms with Crippen LogP contribution in [0.3, 0.4) is 0 Å². The summed E-state index contributed by atoms with van der Waals surface area (Å²) in [6.07, 6.45) is 0.957. The molecule has 2 rings (SSSR count). The van der Waals surface area contributed by atoms with Crippen LogP contribution in [0.4, 0.5) is 0 Å². The van der Waals surface area contributed by atoms with Crippen molar-refractivity contribution in [1.29, 1.82) is 0 Å². The lowest BCUT2D eigenvalue weighted by Gasteiger charge is -2.06. The minimum atomic E-state index is 0.730. The van der Waals surface area contributed by atoms with Crippen LogP contribution in [0.25, 0.3) is 11.0 Å². The molecule has 1 aromatic carbocycles. The predicted molar refractivity (Wildman–Crippen MR) is 61.0 cm³/mol. The summed E-state index contributed by atoms with van der Waals surface area (Å²) < 4.78 is 7.35. The standard InChI is InChI=1S/C12H16N2O/c1-3-12-13-10-6-4-5-7-11(10)14(12)8-9-15-2/h4-7H,3,8-9H2,1-2H3. The van der Waals surface area contributed by atoms with Crippen LogP contribution >= 0.6 is 0 Å². The molecule has 2 aromatic rings. The molecule has 1 heterocycles. The average Bonchev–Trinajstić information content (AvgIpc) is 2.64. The molecule has 0 radical (unpaired) electrons. The summed E-state index contributed by atoms with van der Waals surface area (Å²) in [5.41, 5.74) is 2.27. The first-order valence-corrected chi connectivity index (χ1v) is 5.30. The van der Waals surface area contributed by atoms with Crippen LogP contribution in [0.15, 0.2) is 24.3 Å². The van der Waals surface area contributed by atoms with Crippen molar-refractivity contribution in [3.05, 3.63) is 30.1 Å². The highest BCUT2D eigenvalue weighted by Crippen LogP contribution is 2.16. The summed E-state index contributed by atoms with van der Waals surface area (Å²) in [7, 11) is 1.73. The van der Waals surface area contributed by atoms with Gasteiger partial charge >= 0.3 is 0 Å². The van der Waals surface area contributed by atoms with Gasteiger partial charge in [0.1, 0.15) is 5.82 Å².